The molecule has 1 unspecified atom stereocenters. The van der Waals surface area contributed by atoms with Gasteiger partial charge < -0.3 is 5.32 Å². The van der Waals surface area contributed by atoms with Gasteiger partial charge in [0, 0.05) is 47.8 Å². The van der Waals surface area contributed by atoms with E-state index in [0.717, 1.165) is 72.4 Å². The quantitative estimate of drug-likeness (QED) is 0.173. The highest BCUT2D eigenvalue weighted by atomic mass is 32.1. The van der Waals surface area contributed by atoms with Crippen molar-refractivity contribution in [1.29, 1.82) is 0 Å². The highest BCUT2D eigenvalue weighted by molar-refractivity contribution is 7.25. The van der Waals surface area contributed by atoms with E-state index in [9.17, 15) is 0 Å². The zero-order valence-electron chi connectivity index (χ0n) is 34.0. The van der Waals surface area contributed by atoms with E-state index in [2.05, 4.69) is 193 Å². The fraction of sp³-hybridized carbons (Fsp3) is 0.0175. The molecule has 3 aromatic heterocycles. The van der Waals surface area contributed by atoms with Crippen molar-refractivity contribution in [3.05, 3.63) is 217 Å². The molecule has 1 aliphatic heterocycles. The third-order valence-corrected chi connectivity index (χ3v) is 13.1. The van der Waals surface area contributed by atoms with E-state index < -0.39 is 0 Å². The fourth-order valence-electron chi connectivity index (χ4n) is 8.68. The van der Waals surface area contributed by atoms with E-state index in [0.29, 0.717) is 17.5 Å². The normalized spacial score (nSPS) is 13.3. The van der Waals surface area contributed by atoms with Crippen LogP contribution >= 0.6 is 11.3 Å². The van der Waals surface area contributed by atoms with Gasteiger partial charge in [-0.25, -0.2) is 19.9 Å². The van der Waals surface area contributed by atoms with E-state index in [-0.39, 0.29) is 6.04 Å². The van der Waals surface area contributed by atoms with Crippen LogP contribution in [0.1, 0.15) is 17.2 Å². The highest BCUT2D eigenvalue weighted by Crippen LogP contribution is 2.40. The maximum atomic E-state index is 5.45. The molecule has 0 saturated carbocycles. The van der Waals surface area contributed by atoms with Gasteiger partial charge in [0.1, 0.15) is 0 Å². The molecule has 4 heterocycles. The summed E-state index contributed by atoms with van der Waals surface area (Å²) < 4.78 is 2.53. The Hall–Kier alpha value is -8.06. The third-order valence-electron chi connectivity index (χ3n) is 11.9. The standard InChI is InChI=1S/C57H37N5S/c1-4-12-36(13-5-1)37-20-24-42(25-21-37)56-60-55(41-16-8-3-9-17-41)61-57(62-56)46-33-44(43-26-29-48-47-18-10-11-19-51(47)63-52(48)35-43)32-45(34-46)50-31-28-40-23-22-39-27-30-49(38-14-6-2-7-15-38)58-53(39)54(40)59-50/h1-35,49,58H. The van der Waals surface area contributed by atoms with Gasteiger partial charge >= 0.3 is 0 Å². The topological polar surface area (TPSA) is 63.6 Å². The molecular formula is C57H37N5S. The van der Waals surface area contributed by atoms with Crippen LogP contribution in [0.4, 0.5) is 5.69 Å². The molecule has 1 aliphatic rings. The summed E-state index contributed by atoms with van der Waals surface area (Å²) >= 11 is 1.83. The predicted octanol–water partition coefficient (Wildman–Crippen LogP) is 15.0. The maximum absolute atomic E-state index is 5.45. The minimum atomic E-state index is 0.0416. The summed E-state index contributed by atoms with van der Waals surface area (Å²) in [5.41, 5.74) is 13.3. The van der Waals surface area contributed by atoms with E-state index >= 15 is 0 Å². The lowest BCUT2D eigenvalue weighted by Gasteiger charge is -2.24. The summed E-state index contributed by atoms with van der Waals surface area (Å²) in [6, 6.07) is 70.4. The molecule has 0 spiro atoms. The molecule has 63 heavy (non-hydrogen) atoms. The first-order chi connectivity index (χ1) is 31.2. The predicted molar refractivity (Wildman–Crippen MR) is 262 cm³/mol. The van der Waals surface area contributed by atoms with Crippen LogP contribution < -0.4 is 5.32 Å². The van der Waals surface area contributed by atoms with Crippen molar-refractivity contribution in [2.45, 2.75) is 6.04 Å². The number of nitrogens with zero attached hydrogens (tertiary/aromatic N) is 4. The van der Waals surface area contributed by atoms with Gasteiger partial charge in [-0.2, -0.15) is 0 Å². The number of pyridine rings is 1. The lowest BCUT2D eigenvalue weighted by molar-refractivity contribution is 0.981. The molecule has 5 nitrogen and oxygen atoms in total. The van der Waals surface area contributed by atoms with Crippen LogP contribution in [0.5, 0.6) is 0 Å². The SMILES string of the molecule is C1=CC(c2ccccc2)Nc2c1ccc1ccc(-c3cc(-c4ccc5c(c4)sc4ccccc45)cc(-c4nc(-c5ccccc5)nc(-c5ccc(-c6ccccc6)cc5)n4)c3)nc21. The second-order valence-corrected chi connectivity index (χ2v) is 17.0. The van der Waals surface area contributed by atoms with Crippen molar-refractivity contribution in [1.82, 2.24) is 19.9 Å². The van der Waals surface area contributed by atoms with Crippen molar-refractivity contribution in [2.24, 2.45) is 0 Å². The Kier molecular flexibility index (Phi) is 9.01. The molecule has 12 rings (SSSR count). The molecule has 8 aromatic carbocycles. The average Bonchev–Trinajstić information content (AvgIpc) is 3.74. The number of rotatable bonds is 7. The number of anilines is 1. The molecule has 0 fully saturated rings. The van der Waals surface area contributed by atoms with E-state index in [1.54, 1.807) is 0 Å². The summed E-state index contributed by atoms with van der Waals surface area (Å²) in [5, 5.41) is 7.44. The molecule has 0 amide bonds. The molecule has 0 aliphatic carbocycles. The van der Waals surface area contributed by atoms with Crippen LogP contribution in [0.2, 0.25) is 0 Å². The first kappa shape index (κ1) is 36.8. The summed E-state index contributed by atoms with van der Waals surface area (Å²) in [6.45, 7) is 0. The molecule has 1 N–H and O–H groups in total. The molecule has 0 bridgehead atoms. The molecule has 296 valence electrons. The summed E-state index contributed by atoms with van der Waals surface area (Å²) in [6.07, 6.45) is 4.43. The van der Waals surface area contributed by atoms with Crippen LogP contribution in [0, 0.1) is 0 Å². The van der Waals surface area contributed by atoms with E-state index in [1.165, 1.54) is 25.7 Å². The minimum Gasteiger partial charge on any atom is -0.372 e. The smallest absolute Gasteiger partial charge is 0.164 e. The molecule has 1 atom stereocenters. The lowest BCUT2D eigenvalue weighted by atomic mass is 9.96. The van der Waals surface area contributed by atoms with Crippen molar-refractivity contribution >= 4 is 54.2 Å². The van der Waals surface area contributed by atoms with Gasteiger partial charge in [0.25, 0.3) is 0 Å². The second-order valence-electron chi connectivity index (χ2n) is 15.9. The van der Waals surface area contributed by atoms with Crippen molar-refractivity contribution in [2.75, 3.05) is 5.32 Å². The Morgan fingerprint density at radius 2 is 0.968 bits per heavy atom. The van der Waals surface area contributed by atoms with E-state index in [4.69, 9.17) is 19.9 Å². The molecule has 0 radical (unpaired) electrons. The maximum Gasteiger partial charge on any atom is 0.164 e. The molecule has 6 heteroatoms. The van der Waals surface area contributed by atoms with Crippen molar-refractivity contribution in [3.63, 3.8) is 0 Å². The zero-order valence-corrected chi connectivity index (χ0v) is 34.8. The van der Waals surface area contributed by atoms with Gasteiger partial charge in [-0.05, 0) is 69.8 Å². The minimum absolute atomic E-state index is 0.0416. The lowest BCUT2D eigenvalue weighted by Crippen LogP contribution is -2.12. The van der Waals surface area contributed by atoms with Crippen LogP contribution in [0.3, 0.4) is 0 Å². The Morgan fingerprint density at radius 1 is 0.397 bits per heavy atom. The van der Waals surface area contributed by atoms with Gasteiger partial charge in [0.05, 0.1) is 22.9 Å². The Morgan fingerprint density at radius 3 is 1.75 bits per heavy atom. The van der Waals surface area contributed by atoms with Crippen LogP contribution in [0.25, 0.3) is 105 Å². The third kappa shape index (κ3) is 6.93. The van der Waals surface area contributed by atoms with Gasteiger partial charge in [-0.15, -0.1) is 11.3 Å². The summed E-state index contributed by atoms with van der Waals surface area (Å²) in [7, 11) is 0. The Balaban J connectivity index is 1.03. The number of aromatic nitrogens is 4. The Labute approximate surface area is 368 Å². The van der Waals surface area contributed by atoms with E-state index in [1.807, 2.05) is 35.6 Å². The van der Waals surface area contributed by atoms with Crippen LogP contribution in [-0.2, 0) is 0 Å². The second kappa shape index (κ2) is 15.4. The summed E-state index contributed by atoms with van der Waals surface area (Å²) in [5.74, 6) is 1.82. The first-order valence-electron chi connectivity index (χ1n) is 21.2. The average molecular weight is 824 g/mol. The number of hydrogen-bond acceptors (Lipinski definition) is 6. The fourth-order valence-corrected chi connectivity index (χ4v) is 9.83. The van der Waals surface area contributed by atoms with Crippen molar-refractivity contribution in [3.8, 4) is 67.7 Å². The first-order valence-corrected chi connectivity index (χ1v) is 22.0. The van der Waals surface area contributed by atoms with Crippen LogP contribution in [-0.4, -0.2) is 19.9 Å². The van der Waals surface area contributed by atoms with Gasteiger partial charge in [0.2, 0.25) is 0 Å². The zero-order chi connectivity index (χ0) is 41.7. The number of nitrogens with one attached hydrogen (secondary N) is 1. The monoisotopic (exact) mass is 823 g/mol. The van der Waals surface area contributed by atoms with Gasteiger partial charge in [-0.3, -0.25) is 0 Å². The molecule has 11 aromatic rings. The molecule has 0 saturated heterocycles. The Bertz CT molecular complexity index is 3530. The van der Waals surface area contributed by atoms with Gasteiger partial charge in [-0.1, -0.05) is 176 Å². The largest absolute Gasteiger partial charge is 0.372 e. The van der Waals surface area contributed by atoms with Crippen LogP contribution in [0.15, 0.2) is 206 Å². The number of benzene rings is 8. The van der Waals surface area contributed by atoms with Gasteiger partial charge in [0.15, 0.2) is 17.5 Å². The number of thiophene rings is 1. The number of hydrogen-bond donors (Lipinski definition) is 1. The number of fused-ring (bicyclic) bond motifs is 6. The highest BCUT2D eigenvalue weighted by Gasteiger charge is 2.20. The molecular weight excluding hydrogens is 787 g/mol. The van der Waals surface area contributed by atoms with Crippen molar-refractivity contribution < 1.29 is 0 Å². The summed E-state index contributed by atoms with van der Waals surface area (Å²) in [4.78, 5) is 21.0.